The second-order valence-corrected chi connectivity index (χ2v) is 8.96. The molecule has 1 unspecified atom stereocenters. The van der Waals surface area contributed by atoms with Crippen molar-refractivity contribution >= 4 is 17.3 Å². The number of carboxylic acid groups (broad SMARTS) is 1. The summed E-state index contributed by atoms with van der Waals surface area (Å²) in [5.41, 5.74) is 2.03. The maximum atomic E-state index is 13.6. The molecular formula is C26H22F3NO3S. The Kier molecular flexibility index (Phi) is 7.19. The van der Waals surface area contributed by atoms with E-state index in [1.54, 1.807) is 60.7 Å². The second-order valence-electron chi connectivity index (χ2n) is 7.83. The normalized spacial score (nSPS) is 15.7. The fraction of sp³-hybridized carbons (Fsp3) is 0.192. The third-order valence-electron chi connectivity index (χ3n) is 5.35. The molecule has 176 valence electrons. The van der Waals surface area contributed by atoms with Crippen LogP contribution in [0.2, 0.25) is 0 Å². The number of carboxylic acids is 1. The van der Waals surface area contributed by atoms with Crippen molar-refractivity contribution in [3.05, 3.63) is 99.8 Å². The molecule has 0 amide bonds. The van der Waals surface area contributed by atoms with E-state index in [0.29, 0.717) is 46.1 Å². The van der Waals surface area contributed by atoms with Gasteiger partial charge in [0.1, 0.15) is 17.2 Å². The van der Waals surface area contributed by atoms with E-state index < -0.39 is 17.0 Å². The molecule has 3 aromatic rings. The Morgan fingerprint density at radius 3 is 2.53 bits per heavy atom. The predicted octanol–water partition coefficient (Wildman–Crippen LogP) is 6.44. The average Bonchev–Trinajstić information content (AvgIpc) is 3.28. The van der Waals surface area contributed by atoms with Crippen LogP contribution >= 0.6 is 11.3 Å². The molecule has 1 atom stereocenters. The topological polar surface area (TPSA) is 58.6 Å². The average molecular weight is 486 g/mol. The highest BCUT2D eigenvalue weighted by Gasteiger charge is 2.36. The van der Waals surface area contributed by atoms with Gasteiger partial charge in [-0.2, -0.15) is 13.2 Å². The molecule has 0 saturated carbocycles. The Morgan fingerprint density at radius 2 is 1.85 bits per heavy atom. The number of benzene rings is 2. The van der Waals surface area contributed by atoms with E-state index in [2.05, 4.69) is 5.32 Å². The number of rotatable bonds is 8. The minimum atomic E-state index is -4.43. The molecule has 0 radical (unpaired) electrons. The van der Waals surface area contributed by atoms with Gasteiger partial charge in [0.15, 0.2) is 0 Å². The first kappa shape index (κ1) is 23.8. The van der Waals surface area contributed by atoms with E-state index in [1.165, 1.54) is 0 Å². The summed E-state index contributed by atoms with van der Waals surface area (Å²) in [4.78, 5) is 11.0. The van der Waals surface area contributed by atoms with Crippen LogP contribution in [-0.2, 0) is 24.1 Å². The molecule has 1 aliphatic rings. The monoisotopic (exact) mass is 485 g/mol. The summed E-state index contributed by atoms with van der Waals surface area (Å²) in [7, 11) is 0. The van der Waals surface area contributed by atoms with Crippen LogP contribution in [0.1, 0.15) is 21.7 Å². The van der Waals surface area contributed by atoms with E-state index >= 15 is 0 Å². The van der Waals surface area contributed by atoms with Gasteiger partial charge >= 0.3 is 12.1 Å². The molecule has 4 nitrogen and oxygen atoms in total. The van der Waals surface area contributed by atoms with Crippen molar-refractivity contribution in [1.29, 1.82) is 0 Å². The first-order chi connectivity index (χ1) is 16.3. The van der Waals surface area contributed by atoms with Crippen molar-refractivity contribution in [2.45, 2.75) is 31.8 Å². The lowest BCUT2D eigenvalue weighted by Crippen LogP contribution is -2.29. The molecule has 2 N–H and O–H groups in total. The quantitative estimate of drug-likeness (QED) is 0.385. The smallest absolute Gasteiger partial charge is 0.426 e. The lowest BCUT2D eigenvalue weighted by Gasteiger charge is -2.18. The van der Waals surface area contributed by atoms with Crippen LogP contribution in [0.4, 0.5) is 13.2 Å². The van der Waals surface area contributed by atoms with Crippen LogP contribution in [0.3, 0.4) is 0 Å². The van der Waals surface area contributed by atoms with Crippen molar-refractivity contribution in [3.8, 4) is 16.9 Å². The number of halogens is 3. The van der Waals surface area contributed by atoms with Gasteiger partial charge in [0, 0.05) is 28.6 Å². The lowest BCUT2D eigenvalue weighted by atomic mass is 10.0. The summed E-state index contributed by atoms with van der Waals surface area (Å²) in [6.45, 7) is 0.581. The Morgan fingerprint density at radius 1 is 1.12 bits per heavy atom. The van der Waals surface area contributed by atoms with E-state index in [1.807, 2.05) is 18.2 Å². The molecule has 0 aliphatic heterocycles. The Balaban J connectivity index is 1.36. The molecule has 1 aliphatic carbocycles. The number of allylic oxidation sites excluding steroid dienone is 2. The van der Waals surface area contributed by atoms with Gasteiger partial charge in [-0.1, -0.05) is 60.7 Å². The van der Waals surface area contributed by atoms with Crippen LogP contribution in [0, 0.1) is 0 Å². The fourth-order valence-corrected chi connectivity index (χ4v) is 4.60. The molecule has 1 heterocycles. The zero-order valence-electron chi connectivity index (χ0n) is 18.0. The molecule has 34 heavy (non-hydrogen) atoms. The third kappa shape index (κ3) is 5.95. The summed E-state index contributed by atoms with van der Waals surface area (Å²) in [6.07, 6.45) is 1.24. The van der Waals surface area contributed by atoms with E-state index in [4.69, 9.17) is 9.84 Å². The summed E-state index contributed by atoms with van der Waals surface area (Å²) in [6, 6.07) is 17.3. The van der Waals surface area contributed by atoms with Crippen LogP contribution in [0.15, 0.2) is 84.5 Å². The second kappa shape index (κ2) is 10.3. The molecule has 0 fully saturated rings. The number of thiophene rings is 1. The highest BCUT2D eigenvalue weighted by atomic mass is 32.1. The molecule has 0 bridgehead atoms. The Bertz CT molecular complexity index is 1200. The first-order valence-corrected chi connectivity index (χ1v) is 11.4. The number of aliphatic carboxylic acids is 1. The highest BCUT2D eigenvalue weighted by molar-refractivity contribution is 7.12. The maximum Gasteiger partial charge on any atom is 0.426 e. The van der Waals surface area contributed by atoms with Gasteiger partial charge in [-0.15, -0.1) is 11.3 Å². The van der Waals surface area contributed by atoms with Crippen LogP contribution in [0.5, 0.6) is 5.75 Å². The lowest BCUT2D eigenvalue weighted by molar-refractivity contribution is -0.134. The number of alkyl halides is 3. The number of ether oxygens (including phenoxy) is 1. The van der Waals surface area contributed by atoms with Gasteiger partial charge in [0.25, 0.3) is 0 Å². The van der Waals surface area contributed by atoms with Crippen molar-refractivity contribution in [2.75, 3.05) is 0 Å². The molecular weight excluding hydrogens is 463 g/mol. The maximum absolute atomic E-state index is 13.6. The van der Waals surface area contributed by atoms with Gasteiger partial charge in [0.2, 0.25) is 0 Å². The predicted molar refractivity (Wildman–Crippen MR) is 126 cm³/mol. The van der Waals surface area contributed by atoms with Crippen LogP contribution in [0.25, 0.3) is 11.1 Å². The van der Waals surface area contributed by atoms with Gasteiger partial charge < -0.3 is 15.2 Å². The highest BCUT2D eigenvalue weighted by Crippen LogP contribution is 2.43. The third-order valence-corrected chi connectivity index (χ3v) is 6.51. The minimum absolute atomic E-state index is 0.0370. The van der Waals surface area contributed by atoms with Crippen LogP contribution < -0.4 is 10.1 Å². The summed E-state index contributed by atoms with van der Waals surface area (Å²) in [5, 5.41) is 12.4. The van der Waals surface area contributed by atoms with Gasteiger partial charge in [-0.3, -0.25) is 0 Å². The van der Waals surface area contributed by atoms with Crippen molar-refractivity contribution in [2.24, 2.45) is 0 Å². The number of hydrogen-bond acceptors (Lipinski definition) is 4. The fourth-order valence-electron chi connectivity index (χ4n) is 3.64. The van der Waals surface area contributed by atoms with Crippen LogP contribution in [-0.4, -0.2) is 17.1 Å². The van der Waals surface area contributed by atoms with Gasteiger partial charge in [-0.05, 0) is 35.7 Å². The molecule has 1 aromatic heterocycles. The molecule has 0 saturated heterocycles. The van der Waals surface area contributed by atoms with Gasteiger partial charge in [-0.25, -0.2) is 4.79 Å². The van der Waals surface area contributed by atoms with Gasteiger partial charge in [0.05, 0.1) is 0 Å². The zero-order chi connectivity index (χ0) is 24.1. The summed E-state index contributed by atoms with van der Waals surface area (Å²) >= 11 is 0.697. The molecule has 4 rings (SSSR count). The molecule has 2 aromatic carbocycles. The number of nitrogens with one attached hydrogen (secondary N) is 1. The van der Waals surface area contributed by atoms with Crippen molar-refractivity contribution < 1.29 is 27.8 Å². The zero-order valence-corrected chi connectivity index (χ0v) is 18.8. The SMILES string of the molecule is O=C(O)C1=CC=CC(NCc2ccc(OCc3cc(-c4ccccc4)c(C(F)(F)F)s3)cc2)C1. The van der Waals surface area contributed by atoms with E-state index in [-0.39, 0.29) is 18.2 Å². The standard InChI is InChI=1S/C26H22F3NO3S/c27-26(28,29)24-23(18-5-2-1-3-6-18)14-22(34-24)16-33-21-11-9-17(10-12-21)15-30-20-8-4-7-19(13-20)25(31)32/h1-12,14,20,30H,13,15-16H2,(H,31,32). The number of carbonyl (C=O) groups is 1. The van der Waals surface area contributed by atoms with Crippen molar-refractivity contribution in [1.82, 2.24) is 5.32 Å². The van der Waals surface area contributed by atoms with E-state index in [0.717, 1.165) is 5.56 Å². The molecule has 0 spiro atoms. The minimum Gasteiger partial charge on any atom is -0.488 e. The molecule has 8 heteroatoms. The summed E-state index contributed by atoms with van der Waals surface area (Å²) in [5.74, 6) is -0.359. The Hall–Kier alpha value is -3.36. The summed E-state index contributed by atoms with van der Waals surface area (Å²) < 4.78 is 46.4. The van der Waals surface area contributed by atoms with E-state index in [9.17, 15) is 18.0 Å². The first-order valence-electron chi connectivity index (χ1n) is 10.6. The van der Waals surface area contributed by atoms with Crippen molar-refractivity contribution in [3.63, 3.8) is 0 Å². The Labute approximate surface area is 199 Å². The largest absolute Gasteiger partial charge is 0.488 e. The number of hydrogen-bond donors (Lipinski definition) is 2.